The maximum Gasteiger partial charge on any atom is 2.00 e. The Kier molecular flexibility index (Phi) is 10.6. The van der Waals surface area contributed by atoms with Crippen molar-refractivity contribution in [3.8, 4) is 0 Å². The van der Waals surface area contributed by atoms with E-state index in [4.69, 9.17) is 65.5 Å². The van der Waals surface area contributed by atoms with E-state index in [1.54, 1.807) is 0 Å². The number of hydrogen-bond donors (Lipinski definition) is 1. The van der Waals surface area contributed by atoms with Gasteiger partial charge >= 0.3 is 34.1 Å². The molecule has 17 heteroatoms. The van der Waals surface area contributed by atoms with Crippen molar-refractivity contribution in [2.24, 2.45) is 49.9 Å². The second kappa shape index (κ2) is 17.9. The number of hydrogen-bond acceptors (Lipinski definition) is 9. The van der Waals surface area contributed by atoms with E-state index >= 15 is 0 Å². The summed E-state index contributed by atoms with van der Waals surface area (Å²) in [6.07, 6.45) is 1.28. The number of aliphatic imine (C=N–C) groups is 10. The van der Waals surface area contributed by atoms with E-state index in [0.717, 1.165) is 99.1 Å². The maximum atomic E-state index is 5.40. The number of benzene rings is 8. The zero-order valence-electron chi connectivity index (χ0n) is 40.9. The molecule has 1 atom stereocenters. The molecular formula is C62H33Cu2N15. The van der Waals surface area contributed by atoms with Gasteiger partial charge in [0.15, 0.2) is 0 Å². The Morgan fingerprint density at radius 1 is 0.468 bits per heavy atom. The van der Waals surface area contributed by atoms with Crippen molar-refractivity contribution >= 4 is 114 Å². The molecular weight excluding hydrogens is 1080 g/mol. The van der Waals surface area contributed by atoms with Crippen LogP contribution in [0.15, 0.2) is 220 Å². The molecule has 15 nitrogen and oxygen atoms in total. The van der Waals surface area contributed by atoms with Gasteiger partial charge in [-0.3, -0.25) is 4.99 Å². The minimum atomic E-state index is -0.558. The largest absolute Gasteiger partial charge is 2.00 e. The molecule has 7 aliphatic heterocycles. The third kappa shape index (κ3) is 7.18. The molecule has 2 aromatic heterocycles. The second-order valence-electron chi connectivity index (χ2n) is 19.2. The van der Waals surface area contributed by atoms with Crippen LogP contribution < -0.4 is 15.3 Å². The van der Waals surface area contributed by atoms with Crippen molar-refractivity contribution in [2.75, 3.05) is 0 Å². The molecule has 2 radical (unpaired) electrons. The molecule has 79 heavy (non-hydrogen) atoms. The number of rotatable bonds is 2. The van der Waals surface area contributed by atoms with Crippen LogP contribution in [-0.4, -0.2) is 58.7 Å². The summed E-state index contributed by atoms with van der Waals surface area (Å²) >= 11 is 0. The maximum absolute atomic E-state index is 5.40. The average Bonchev–Trinajstić information content (AvgIpc) is 4.58. The normalized spacial score (nSPS) is 19.3. The fraction of sp³-hybridized carbons (Fsp3) is 0.0323. The van der Waals surface area contributed by atoms with Crippen LogP contribution in [0.5, 0.6) is 0 Å². The molecule has 8 bridgehead atoms. The van der Waals surface area contributed by atoms with Crippen molar-refractivity contribution in [1.29, 1.82) is 0 Å². The summed E-state index contributed by atoms with van der Waals surface area (Å²) in [7, 11) is 0. The van der Waals surface area contributed by atoms with Gasteiger partial charge in [0.05, 0.1) is 41.2 Å². The van der Waals surface area contributed by atoms with Gasteiger partial charge in [-0.1, -0.05) is 182 Å². The van der Waals surface area contributed by atoms with Crippen molar-refractivity contribution in [3.05, 3.63) is 247 Å². The summed E-state index contributed by atoms with van der Waals surface area (Å²) in [5, 5.41) is 19.7. The second-order valence-corrected chi connectivity index (χ2v) is 19.2. The van der Waals surface area contributed by atoms with Gasteiger partial charge in [0.1, 0.15) is 5.84 Å². The topological polar surface area (TPSA) is 192 Å². The Hall–Kier alpha value is -9.76. The van der Waals surface area contributed by atoms with E-state index in [1.807, 2.05) is 146 Å². The Morgan fingerprint density at radius 3 is 1.78 bits per heavy atom. The van der Waals surface area contributed by atoms with E-state index in [1.165, 1.54) is 0 Å². The predicted octanol–water partition coefficient (Wildman–Crippen LogP) is 11.9. The molecule has 0 spiro atoms. The van der Waals surface area contributed by atoms with Crippen molar-refractivity contribution < 1.29 is 34.1 Å². The smallest absolute Gasteiger partial charge is 0.460 e. The SMILES string of the molecule is C1=N/C(=N\c2[n-]c(/N=C3\N=C(N=C4[N-]Cc5c4ccc4ccc6c(c54)C4=NC5=N/C(=N\c7[n-]c(c8ccccc78)/N=C7\N=C(NC6[N-]4)c4ccccc47)c4ccccc45)c4ccccc43)c3ccccc23)c2ccccc21.[Cu+2].[Cu+2]. The third-order valence-electron chi connectivity index (χ3n) is 14.9. The monoisotopic (exact) mass is 1110 g/mol. The molecule has 1 N–H and O–H groups in total. The first kappa shape index (κ1) is 46.5. The number of fused-ring (bicyclic) bond motifs is 25. The van der Waals surface area contributed by atoms with Gasteiger partial charge in [-0.25, -0.2) is 15.0 Å². The zero-order valence-corrected chi connectivity index (χ0v) is 42.8. The molecule has 17 rings (SSSR count). The van der Waals surface area contributed by atoms with Crippen LogP contribution in [0, 0.1) is 0 Å². The van der Waals surface area contributed by atoms with E-state index in [2.05, 4.69) is 40.6 Å². The standard InChI is InChI=1S/C62H33N15.2Cu/c1-2-14-33-32(13-1)29-63-49(33)65-51-34-15-3-5-17-36(34)53(67-51)69-54-37-18-6-4-16-35(37)52(68-54)66-50-44-27-25-31-26-28-45-48(47(31)46(44)30-64-50)62-76-60-43-24-12-11-23-42(43)58(74-60)72-56-39-20-8-7-19-38(39)55(70-56)71-57-40-21-9-10-22-41(40)59(73-57)75-61(45)77-62;;/h1-29,61H,30H2,(H-2,64,66,68,69,71,72,73,74,75,76,77);;/q-4;2*+2/b65-49-;;. The van der Waals surface area contributed by atoms with Crippen LogP contribution in [-0.2, 0) is 40.7 Å². The number of aromatic nitrogens is 2. The van der Waals surface area contributed by atoms with Gasteiger partial charge < -0.3 is 55.9 Å². The molecule has 378 valence electrons. The fourth-order valence-corrected chi connectivity index (χ4v) is 11.3. The van der Waals surface area contributed by atoms with Crippen LogP contribution in [0.25, 0.3) is 43.0 Å². The van der Waals surface area contributed by atoms with E-state index in [0.29, 0.717) is 82.3 Å². The molecule has 8 aromatic carbocycles. The molecule has 0 aliphatic carbocycles. The summed E-state index contributed by atoms with van der Waals surface area (Å²) in [6.45, 7) is 0.384. The quantitative estimate of drug-likeness (QED) is 0.169. The fourth-order valence-electron chi connectivity index (χ4n) is 11.3. The van der Waals surface area contributed by atoms with Crippen molar-refractivity contribution in [2.45, 2.75) is 12.7 Å². The van der Waals surface area contributed by atoms with Gasteiger partial charge in [-0.05, 0) is 61.1 Å². The van der Waals surface area contributed by atoms with Crippen molar-refractivity contribution in [1.82, 2.24) is 15.3 Å². The molecule has 0 fully saturated rings. The third-order valence-corrected chi connectivity index (χ3v) is 14.9. The molecule has 0 saturated heterocycles. The number of amidine groups is 9. The Balaban J connectivity index is 0.00000270. The molecule has 1 unspecified atom stereocenters. The molecule has 10 aromatic rings. The van der Waals surface area contributed by atoms with Gasteiger partial charge in [-0.2, -0.15) is 0 Å². The minimum absolute atomic E-state index is 0. The molecule has 0 saturated carbocycles. The van der Waals surface area contributed by atoms with Crippen LogP contribution in [0.1, 0.15) is 72.9 Å². The Bertz CT molecular complexity index is 4710. The Labute approximate surface area is 470 Å². The summed E-state index contributed by atoms with van der Waals surface area (Å²) in [5.74, 6) is 7.07. The summed E-state index contributed by atoms with van der Waals surface area (Å²) < 4.78 is 0. The van der Waals surface area contributed by atoms with Crippen molar-refractivity contribution in [3.63, 3.8) is 0 Å². The van der Waals surface area contributed by atoms with Gasteiger partial charge in [0, 0.05) is 74.0 Å². The number of nitrogens with zero attached hydrogens (tertiary/aromatic N) is 14. The van der Waals surface area contributed by atoms with Crippen LogP contribution in [0.3, 0.4) is 0 Å². The summed E-state index contributed by atoms with van der Waals surface area (Å²) in [5.41, 5.74) is 10.9. The summed E-state index contributed by atoms with van der Waals surface area (Å²) in [4.78, 5) is 60.9. The van der Waals surface area contributed by atoms with E-state index in [9.17, 15) is 0 Å². The molecule has 0 amide bonds. The molecule has 7 aliphatic rings. The van der Waals surface area contributed by atoms with Crippen LogP contribution in [0.4, 0.5) is 23.3 Å². The van der Waals surface area contributed by atoms with Gasteiger partial charge in [0.2, 0.25) is 0 Å². The molecule has 9 heterocycles. The summed E-state index contributed by atoms with van der Waals surface area (Å²) in [6, 6.07) is 56.7. The van der Waals surface area contributed by atoms with Gasteiger partial charge in [0.25, 0.3) is 0 Å². The van der Waals surface area contributed by atoms with Crippen LogP contribution >= 0.6 is 0 Å². The predicted molar refractivity (Wildman–Crippen MR) is 306 cm³/mol. The van der Waals surface area contributed by atoms with Gasteiger partial charge in [-0.15, -0.1) is 0 Å². The first-order valence-corrected chi connectivity index (χ1v) is 25.2. The minimum Gasteiger partial charge on any atom is -0.460 e. The first-order chi connectivity index (χ1) is 38.1. The zero-order chi connectivity index (χ0) is 50.3. The Morgan fingerprint density at radius 2 is 1.05 bits per heavy atom. The first-order valence-electron chi connectivity index (χ1n) is 25.2. The van der Waals surface area contributed by atoms with E-state index < -0.39 is 6.17 Å². The van der Waals surface area contributed by atoms with Crippen LogP contribution in [0.2, 0.25) is 0 Å². The number of nitrogens with one attached hydrogen (secondary N) is 1. The average molecular weight is 1120 g/mol. The van der Waals surface area contributed by atoms with E-state index in [-0.39, 0.29) is 34.1 Å².